The molecule has 1 aromatic heterocycles. The van der Waals surface area contributed by atoms with E-state index in [1.165, 1.54) is 18.0 Å². The molecule has 1 N–H and O–H groups in total. The van der Waals surface area contributed by atoms with Crippen LogP contribution in [-0.4, -0.2) is 58.6 Å². The van der Waals surface area contributed by atoms with Crippen molar-refractivity contribution >= 4 is 29.2 Å². The highest BCUT2D eigenvalue weighted by Gasteiger charge is 2.27. The predicted octanol–water partition coefficient (Wildman–Crippen LogP) is 2.28. The first-order valence-electron chi connectivity index (χ1n) is 7.53. The third-order valence-electron chi connectivity index (χ3n) is 3.63. The van der Waals surface area contributed by atoms with Gasteiger partial charge in [-0.1, -0.05) is 30.0 Å². The number of morpholine rings is 1. The Morgan fingerprint density at radius 3 is 2.62 bits per heavy atom. The number of carboxylic acid groups (broad SMARTS) is 1. The van der Waals surface area contributed by atoms with Crippen molar-refractivity contribution in [3.63, 3.8) is 0 Å². The molecule has 1 saturated heterocycles. The second kappa shape index (κ2) is 7.61. The number of carbonyl (C=O) groups is 1. The number of para-hydroxylation sites is 1. The average Bonchev–Trinajstić information content (AvgIpc) is 2.63. The highest BCUT2D eigenvalue weighted by molar-refractivity contribution is 7.98. The maximum Gasteiger partial charge on any atom is 0.341 e. The lowest BCUT2D eigenvalue weighted by molar-refractivity contribution is 0.0372. The van der Waals surface area contributed by atoms with Crippen molar-refractivity contribution in [2.75, 3.05) is 37.6 Å². The second-order valence-electron chi connectivity index (χ2n) is 5.11. The van der Waals surface area contributed by atoms with Crippen LogP contribution < -0.4 is 5.01 Å². The van der Waals surface area contributed by atoms with Crippen molar-refractivity contribution in [1.29, 1.82) is 0 Å². The Morgan fingerprint density at radius 1 is 1.29 bits per heavy atom. The number of hydrogen-bond acceptors (Lipinski definition) is 7. The number of aromatic carboxylic acids is 1. The van der Waals surface area contributed by atoms with Gasteiger partial charge in [0.1, 0.15) is 5.56 Å². The van der Waals surface area contributed by atoms with Crippen molar-refractivity contribution in [3.05, 3.63) is 42.1 Å². The van der Waals surface area contributed by atoms with Gasteiger partial charge in [0.05, 0.1) is 18.9 Å². The predicted molar refractivity (Wildman–Crippen MR) is 91.7 cm³/mol. The molecule has 1 fully saturated rings. The molecule has 0 spiro atoms. The number of carboxylic acids is 1. The Hall–Kier alpha value is -2.16. The standard InChI is InChI=1S/C16H18N4O3S/c1-24-16-17-11-13(15(21)22)14(18-16)20(12-5-3-2-4-6-12)19-7-9-23-10-8-19/h2-6,11H,7-10H2,1H3,(H,21,22). The van der Waals surface area contributed by atoms with Crippen LogP contribution >= 0.6 is 11.8 Å². The van der Waals surface area contributed by atoms with Gasteiger partial charge < -0.3 is 9.84 Å². The summed E-state index contributed by atoms with van der Waals surface area (Å²) in [6, 6.07) is 9.62. The number of thioether (sulfide) groups is 1. The van der Waals surface area contributed by atoms with Crippen LogP contribution in [0.1, 0.15) is 10.4 Å². The zero-order chi connectivity index (χ0) is 16.9. The molecule has 7 nitrogen and oxygen atoms in total. The first-order chi connectivity index (χ1) is 11.7. The molecular weight excluding hydrogens is 328 g/mol. The average molecular weight is 346 g/mol. The number of aromatic nitrogens is 2. The van der Waals surface area contributed by atoms with Crippen molar-refractivity contribution in [2.24, 2.45) is 0 Å². The van der Waals surface area contributed by atoms with Crippen LogP contribution in [0.25, 0.3) is 0 Å². The Balaban J connectivity index is 2.12. The summed E-state index contributed by atoms with van der Waals surface area (Å²) in [5.41, 5.74) is 0.927. The highest BCUT2D eigenvalue weighted by atomic mass is 32.2. The summed E-state index contributed by atoms with van der Waals surface area (Å²) >= 11 is 1.38. The molecule has 0 atom stereocenters. The number of ether oxygens (including phenoxy) is 1. The summed E-state index contributed by atoms with van der Waals surface area (Å²) in [4.78, 5) is 20.3. The fourth-order valence-corrected chi connectivity index (χ4v) is 2.85. The van der Waals surface area contributed by atoms with Crippen molar-refractivity contribution in [3.8, 4) is 0 Å². The lowest BCUT2D eigenvalue weighted by Crippen LogP contribution is -2.47. The fourth-order valence-electron chi connectivity index (χ4n) is 2.51. The summed E-state index contributed by atoms with van der Waals surface area (Å²) in [6.45, 7) is 2.50. The Labute approximate surface area is 144 Å². The number of hydrogen-bond donors (Lipinski definition) is 1. The molecule has 24 heavy (non-hydrogen) atoms. The van der Waals surface area contributed by atoms with E-state index in [0.717, 1.165) is 5.69 Å². The van der Waals surface area contributed by atoms with Crippen molar-refractivity contribution in [1.82, 2.24) is 15.0 Å². The molecule has 0 bridgehead atoms. The van der Waals surface area contributed by atoms with Crippen LogP contribution in [-0.2, 0) is 4.74 Å². The van der Waals surface area contributed by atoms with Gasteiger partial charge in [0, 0.05) is 19.3 Å². The third kappa shape index (κ3) is 3.50. The number of hydrazine groups is 1. The van der Waals surface area contributed by atoms with Crippen LogP contribution in [0.5, 0.6) is 0 Å². The zero-order valence-electron chi connectivity index (χ0n) is 13.3. The van der Waals surface area contributed by atoms with Crippen LogP contribution in [0.2, 0.25) is 0 Å². The first-order valence-corrected chi connectivity index (χ1v) is 8.75. The third-order valence-corrected chi connectivity index (χ3v) is 4.19. The highest BCUT2D eigenvalue weighted by Crippen LogP contribution is 2.30. The van der Waals surface area contributed by atoms with Crippen molar-refractivity contribution < 1.29 is 14.6 Å². The van der Waals surface area contributed by atoms with E-state index in [0.29, 0.717) is 37.3 Å². The largest absolute Gasteiger partial charge is 0.477 e. The minimum atomic E-state index is -1.05. The maximum absolute atomic E-state index is 11.7. The minimum absolute atomic E-state index is 0.0724. The van der Waals surface area contributed by atoms with E-state index in [4.69, 9.17) is 4.74 Å². The zero-order valence-corrected chi connectivity index (χ0v) is 14.1. The van der Waals surface area contributed by atoms with E-state index in [1.807, 2.05) is 41.6 Å². The van der Waals surface area contributed by atoms with Crippen LogP contribution in [0.4, 0.5) is 11.5 Å². The molecule has 0 aliphatic carbocycles. The van der Waals surface area contributed by atoms with E-state index in [1.54, 1.807) is 0 Å². The minimum Gasteiger partial charge on any atom is -0.477 e. The molecule has 3 rings (SSSR count). The molecule has 2 heterocycles. The molecule has 8 heteroatoms. The van der Waals surface area contributed by atoms with Crippen LogP contribution in [0, 0.1) is 0 Å². The monoisotopic (exact) mass is 346 g/mol. The molecule has 0 saturated carbocycles. The SMILES string of the molecule is CSc1ncc(C(=O)O)c(N(c2ccccc2)N2CCOCC2)n1. The number of nitrogens with zero attached hydrogens (tertiary/aromatic N) is 4. The van der Waals surface area contributed by atoms with Crippen LogP contribution in [0.3, 0.4) is 0 Å². The Morgan fingerprint density at radius 2 is 2.00 bits per heavy atom. The van der Waals surface area contributed by atoms with E-state index < -0.39 is 5.97 Å². The van der Waals surface area contributed by atoms with Gasteiger partial charge in [-0.3, -0.25) is 5.01 Å². The number of benzene rings is 1. The lowest BCUT2D eigenvalue weighted by atomic mass is 10.2. The summed E-state index contributed by atoms with van der Waals surface area (Å²) in [5.74, 6) is -0.679. The molecule has 1 aliphatic heterocycles. The summed E-state index contributed by atoms with van der Waals surface area (Å²) < 4.78 is 5.42. The summed E-state index contributed by atoms with van der Waals surface area (Å²) in [5, 5.41) is 14.0. The maximum atomic E-state index is 11.7. The van der Waals surface area contributed by atoms with Crippen LogP contribution in [0.15, 0.2) is 41.7 Å². The van der Waals surface area contributed by atoms with Gasteiger partial charge in [-0.25, -0.2) is 19.8 Å². The molecular formula is C16H18N4O3S. The van der Waals surface area contributed by atoms with Gasteiger partial charge in [-0.2, -0.15) is 0 Å². The lowest BCUT2D eigenvalue weighted by Gasteiger charge is -2.38. The number of anilines is 2. The Kier molecular flexibility index (Phi) is 5.29. The smallest absolute Gasteiger partial charge is 0.341 e. The molecule has 126 valence electrons. The van der Waals surface area contributed by atoms with Gasteiger partial charge in [0.25, 0.3) is 0 Å². The van der Waals surface area contributed by atoms with Gasteiger partial charge in [0.2, 0.25) is 0 Å². The van der Waals surface area contributed by atoms with Gasteiger partial charge >= 0.3 is 5.97 Å². The first kappa shape index (κ1) is 16.7. The normalized spacial score (nSPS) is 15.2. The Bertz CT molecular complexity index is 708. The van der Waals surface area contributed by atoms with E-state index >= 15 is 0 Å². The quantitative estimate of drug-likeness (QED) is 0.652. The van der Waals surface area contributed by atoms with E-state index in [2.05, 4.69) is 15.0 Å². The van der Waals surface area contributed by atoms with Gasteiger partial charge in [0.15, 0.2) is 11.0 Å². The van der Waals surface area contributed by atoms with Gasteiger partial charge in [-0.05, 0) is 18.4 Å². The van der Waals surface area contributed by atoms with Crippen molar-refractivity contribution in [2.45, 2.75) is 5.16 Å². The molecule has 0 amide bonds. The number of rotatable bonds is 5. The van der Waals surface area contributed by atoms with E-state index in [9.17, 15) is 9.90 Å². The molecule has 0 unspecified atom stereocenters. The van der Waals surface area contributed by atoms with E-state index in [-0.39, 0.29) is 5.56 Å². The topological polar surface area (TPSA) is 78.8 Å². The molecule has 1 aliphatic rings. The summed E-state index contributed by atoms with van der Waals surface area (Å²) in [7, 11) is 0. The summed E-state index contributed by atoms with van der Waals surface area (Å²) in [6.07, 6.45) is 3.23. The molecule has 1 aromatic carbocycles. The molecule has 2 aromatic rings. The van der Waals surface area contributed by atoms with Gasteiger partial charge in [-0.15, -0.1) is 0 Å². The second-order valence-corrected chi connectivity index (χ2v) is 5.89. The fraction of sp³-hybridized carbons (Fsp3) is 0.312. The molecule has 0 radical (unpaired) electrons.